The number of carbonyl (C=O) groups is 1. The summed E-state index contributed by atoms with van der Waals surface area (Å²) in [5.74, 6) is -0.117. The van der Waals surface area contributed by atoms with Crippen LogP contribution in [0.15, 0.2) is 65.5 Å². The van der Waals surface area contributed by atoms with Crippen LogP contribution in [-0.4, -0.2) is 33.7 Å². The van der Waals surface area contributed by atoms with Crippen molar-refractivity contribution in [3.05, 3.63) is 93.4 Å². The number of hydrogen-bond donors (Lipinski definition) is 0. The van der Waals surface area contributed by atoms with Crippen LogP contribution < -0.4 is 5.43 Å². The SMILES string of the molecule is Cc1cc(=O)c(C(=O)N2CCC(Cc3ccccc3)CC2)nn1-c1ccccc1C(F)(F)F. The summed E-state index contributed by atoms with van der Waals surface area (Å²) in [5.41, 5.74) is -0.602. The molecule has 1 fully saturated rings. The molecule has 1 amide bonds. The minimum atomic E-state index is -4.60. The number of aryl methyl sites for hydroxylation is 1. The third-order valence-electron chi connectivity index (χ3n) is 6.02. The van der Waals surface area contributed by atoms with E-state index in [-0.39, 0.29) is 17.1 Å². The van der Waals surface area contributed by atoms with Crippen molar-refractivity contribution >= 4 is 5.91 Å². The van der Waals surface area contributed by atoms with Gasteiger partial charge in [0.1, 0.15) is 0 Å². The third-order valence-corrected chi connectivity index (χ3v) is 6.02. The lowest BCUT2D eigenvalue weighted by molar-refractivity contribution is -0.137. The largest absolute Gasteiger partial charge is 0.418 e. The van der Waals surface area contributed by atoms with Crippen LogP contribution in [0.3, 0.4) is 0 Å². The minimum absolute atomic E-state index is 0.217. The smallest absolute Gasteiger partial charge is 0.337 e. The van der Waals surface area contributed by atoms with E-state index in [1.54, 1.807) is 4.90 Å². The normalized spacial score (nSPS) is 15.0. The Morgan fingerprint density at radius 3 is 2.33 bits per heavy atom. The van der Waals surface area contributed by atoms with E-state index in [0.717, 1.165) is 36.1 Å². The molecule has 0 unspecified atom stereocenters. The molecule has 0 saturated carbocycles. The zero-order chi connectivity index (χ0) is 23.6. The predicted molar refractivity (Wildman–Crippen MR) is 118 cm³/mol. The van der Waals surface area contributed by atoms with E-state index in [0.29, 0.717) is 19.0 Å². The van der Waals surface area contributed by atoms with E-state index < -0.39 is 23.1 Å². The van der Waals surface area contributed by atoms with E-state index >= 15 is 0 Å². The number of hydrogen-bond acceptors (Lipinski definition) is 3. The summed E-state index contributed by atoms with van der Waals surface area (Å²) in [4.78, 5) is 27.2. The first-order chi connectivity index (χ1) is 15.7. The summed E-state index contributed by atoms with van der Waals surface area (Å²) >= 11 is 0. The number of likely N-dealkylation sites (tertiary alicyclic amines) is 1. The molecule has 8 heteroatoms. The number of rotatable bonds is 4. The van der Waals surface area contributed by atoms with Crippen molar-refractivity contribution in [1.82, 2.24) is 14.7 Å². The van der Waals surface area contributed by atoms with Crippen molar-refractivity contribution in [2.45, 2.75) is 32.4 Å². The van der Waals surface area contributed by atoms with Gasteiger partial charge in [-0.2, -0.15) is 18.3 Å². The number of benzene rings is 2. The number of halogens is 3. The second kappa shape index (κ2) is 9.21. The van der Waals surface area contributed by atoms with Crippen molar-refractivity contribution in [3.8, 4) is 5.69 Å². The predicted octanol–water partition coefficient (Wildman–Crippen LogP) is 4.65. The number of amides is 1. The average molecular weight is 455 g/mol. The molecular weight excluding hydrogens is 431 g/mol. The van der Waals surface area contributed by atoms with Crippen LogP contribution in [0.4, 0.5) is 13.2 Å². The molecule has 1 aliphatic heterocycles. The van der Waals surface area contributed by atoms with Gasteiger partial charge in [-0.15, -0.1) is 0 Å². The Labute approximate surface area is 189 Å². The first-order valence-corrected chi connectivity index (χ1v) is 10.8. The van der Waals surface area contributed by atoms with E-state index in [4.69, 9.17) is 0 Å². The van der Waals surface area contributed by atoms with Crippen LogP contribution in [0.25, 0.3) is 5.69 Å². The van der Waals surface area contributed by atoms with Crippen LogP contribution in [0.2, 0.25) is 0 Å². The summed E-state index contributed by atoms with van der Waals surface area (Å²) in [7, 11) is 0. The molecule has 0 spiro atoms. The van der Waals surface area contributed by atoms with Gasteiger partial charge in [0.2, 0.25) is 5.43 Å². The molecule has 0 radical (unpaired) electrons. The summed E-state index contributed by atoms with van der Waals surface area (Å²) in [6.45, 7) is 2.44. The Kier molecular flexibility index (Phi) is 6.35. The van der Waals surface area contributed by atoms with E-state index in [9.17, 15) is 22.8 Å². The molecule has 0 bridgehead atoms. The minimum Gasteiger partial charge on any atom is -0.337 e. The van der Waals surface area contributed by atoms with Crippen molar-refractivity contribution in [2.24, 2.45) is 5.92 Å². The first-order valence-electron chi connectivity index (χ1n) is 10.8. The Bertz CT molecular complexity index is 1200. The van der Waals surface area contributed by atoms with E-state index in [1.807, 2.05) is 18.2 Å². The summed E-state index contributed by atoms with van der Waals surface area (Å²) in [6.07, 6.45) is -2.10. The monoisotopic (exact) mass is 455 g/mol. The maximum atomic E-state index is 13.5. The van der Waals surface area contributed by atoms with Gasteiger partial charge in [-0.25, -0.2) is 4.68 Å². The molecule has 3 aromatic rings. The molecular formula is C25H24F3N3O2. The van der Waals surface area contributed by atoms with E-state index in [1.165, 1.54) is 30.7 Å². The molecule has 5 nitrogen and oxygen atoms in total. The average Bonchev–Trinajstić information content (AvgIpc) is 2.79. The van der Waals surface area contributed by atoms with Gasteiger partial charge in [-0.05, 0) is 49.8 Å². The van der Waals surface area contributed by atoms with Gasteiger partial charge in [0, 0.05) is 24.8 Å². The molecule has 0 atom stereocenters. The van der Waals surface area contributed by atoms with Crippen LogP contribution in [0.1, 0.15) is 40.2 Å². The Hall–Kier alpha value is -3.42. The van der Waals surface area contributed by atoms with Crippen LogP contribution in [0.5, 0.6) is 0 Å². The molecule has 1 aromatic heterocycles. The second-order valence-electron chi connectivity index (χ2n) is 8.35. The lowest BCUT2D eigenvalue weighted by Crippen LogP contribution is -2.41. The molecule has 2 heterocycles. The number of aromatic nitrogens is 2. The molecule has 1 aliphatic rings. The van der Waals surface area contributed by atoms with Crippen molar-refractivity contribution in [1.29, 1.82) is 0 Å². The maximum absolute atomic E-state index is 13.5. The zero-order valence-electron chi connectivity index (χ0n) is 18.2. The van der Waals surface area contributed by atoms with Gasteiger partial charge in [0.25, 0.3) is 5.91 Å². The van der Waals surface area contributed by atoms with Crippen molar-refractivity contribution in [2.75, 3.05) is 13.1 Å². The van der Waals surface area contributed by atoms with Crippen LogP contribution in [-0.2, 0) is 12.6 Å². The molecule has 2 aromatic carbocycles. The molecule has 4 rings (SSSR count). The van der Waals surface area contributed by atoms with Gasteiger partial charge < -0.3 is 4.90 Å². The number of carbonyl (C=O) groups excluding carboxylic acids is 1. The fourth-order valence-corrected chi connectivity index (χ4v) is 4.27. The highest BCUT2D eigenvalue weighted by Crippen LogP contribution is 2.33. The second-order valence-corrected chi connectivity index (χ2v) is 8.35. The molecule has 172 valence electrons. The van der Waals surface area contributed by atoms with Crippen molar-refractivity contribution in [3.63, 3.8) is 0 Å². The van der Waals surface area contributed by atoms with Crippen molar-refractivity contribution < 1.29 is 18.0 Å². The Balaban J connectivity index is 1.56. The molecule has 33 heavy (non-hydrogen) atoms. The van der Waals surface area contributed by atoms with Crippen LogP contribution in [0, 0.1) is 12.8 Å². The quantitative estimate of drug-likeness (QED) is 0.575. The van der Waals surface area contributed by atoms with Gasteiger partial charge in [-0.1, -0.05) is 42.5 Å². The maximum Gasteiger partial charge on any atom is 0.418 e. The standard InChI is InChI=1S/C25H24F3N3O2/c1-17-15-22(32)23(29-31(17)21-10-6-5-9-20(21)25(26,27)28)24(33)30-13-11-19(12-14-30)16-18-7-3-2-4-8-18/h2-10,15,19H,11-14,16H2,1H3. The van der Waals surface area contributed by atoms with E-state index in [2.05, 4.69) is 17.2 Å². The highest BCUT2D eigenvalue weighted by molar-refractivity contribution is 5.92. The fraction of sp³-hybridized carbons (Fsp3) is 0.320. The highest BCUT2D eigenvalue weighted by atomic mass is 19.4. The number of nitrogens with zero attached hydrogens (tertiary/aromatic N) is 3. The van der Waals surface area contributed by atoms with Gasteiger partial charge >= 0.3 is 6.18 Å². The zero-order valence-corrected chi connectivity index (χ0v) is 18.2. The van der Waals surface area contributed by atoms with Gasteiger partial charge in [-0.3, -0.25) is 9.59 Å². The summed E-state index contributed by atoms with van der Waals surface area (Å²) in [6, 6.07) is 16.3. The number of para-hydroxylation sites is 1. The van der Waals surface area contributed by atoms with Gasteiger partial charge in [0.15, 0.2) is 5.69 Å². The number of piperidine rings is 1. The first kappa shape index (κ1) is 22.8. The Morgan fingerprint density at radius 1 is 1.03 bits per heavy atom. The molecule has 0 N–H and O–H groups in total. The lowest BCUT2D eigenvalue weighted by atomic mass is 9.90. The topological polar surface area (TPSA) is 55.2 Å². The number of alkyl halides is 3. The van der Waals surface area contributed by atoms with Gasteiger partial charge in [0.05, 0.1) is 11.3 Å². The lowest BCUT2D eigenvalue weighted by Gasteiger charge is -2.32. The molecule has 0 aliphatic carbocycles. The van der Waals surface area contributed by atoms with Crippen LogP contribution >= 0.6 is 0 Å². The third kappa shape index (κ3) is 4.99. The highest BCUT2D eigenvalue weighted by Gasteiger charge is 2.34. The Morgan fingerprint density at radius 2 is 1.67 bits per heavy atom. The summed E-state index contributed by atoms with van der Waals surface area (Å²) < 4.78 is 41.6. The summed E-state index contributed by atoms with van der Waals surface area (Å²) in [5, 5.41) is 4.09. The fourth-order valence-electron chi connectivity index (χ4n) is 4.27. The molecule has 1 saturated heterocycles.